The molecule has 0 aromatic carbocycles. The standard InChI is InChI=1S/C15H22N2O3S/c1-8(18)11-10(12(19)20-6)17-13(21-11)16-7-9-14(2,3)15(9,4)5/h9H,7H2,1-6H3,(H,16,17). The lowest BCUT2D eigenvalue weighted by Gasteiger charge is -2.04. The highest BCUT2D eigenvalue weighted by Crippen LogP contribution is 2.68. The van der Waals surface area contributed by atoms with Crippen LogP contribution < -0.4 is 5.32 Å². The molecule has 1 aromatic rings. The molecule has 1 N–H and O–H groups in total. The molecule has 21 heavy (non-hydrogen) atoms. The van der Waals surface area contributed by atoms with Crippen LogP contribution in [0.3, 0.4) is 0 Å². The lowest BCUT2D eigenvalue weighted by molar-refractivity contribution is 0.0591. The Hall–Kier alpha value is -1.43. The van der Waals surface area contributed by atoms with E-state index in [-0.39, 0.29) is 22.3 Å². The number of ketones is 1. The normalized spacial score (nSPS) is 19.1. The Morgan fingerprint density at radius 1 is 1.29 bits per heavy atom. The van der Waals surface area contributed by atoms with Crippen molar-refractivity contribution < 1.29 is 14.3 Å². The van der Waals surface area contributed by atoms with Gasteiger partial charge in [0.15, 0.2) is 16.6 Å². The molecule has 0 unspecified atom stereocenters. The molecule has 1 aromatic heterocycles. The van der Waals surface area contributed by atoms with Crippen molar-refractivity contribution in [2.45, 2.75) is 34.6 Å². The number of methoxy groups -OCH3 is 1. The molecule has 0 aliphatic heterocycles. The van der Waals surface area contributed by atoms with Crippen molar-refractivity contribution in [2.24, 2.45) is 16.7 Å². The van der Waals surface area contributed by atoms with E-state index in [2.05, 4.69) is 42.7 Å². The zero-order chi connectivity index (χ0) is 16.0. The molecule has 1 aliphatic carbocycles. The highest BCUT2D eigenvalue weighted by Gasteiger charge is 2.64. The second kappa shape index (κ2) is 5.09. The SMILES string of the molecule is COC(=O)c1nc(NCC2C(C)(C)C2(C)C)sc1C(C)=O. The van der Waals surface area contributed by atoms with Crippen LogP contribution in [0, 0.1) is 16.7 Å². The minimum absolute atomic E-state index is 0.104. The molecule has 0 amide bonds. The van der Waals surface area contributed by atoms with E-state index in [0.29, 0.717) is 15.9 Å². The van der Waals surface area contributed by atoms with E-state index < -0.39 is 5.97 Å². The predicted molar refractivity (Wildman–Crippen MR) is 83.0 cm³/mol. The van der Waals surface area contributed by atoms with Gasteiger partial charge in [-0.25, -0.2) is 9.78 Å². The van der Waals surface area contributed by atoms with Crippen molar-refractivity contribution in [3.05, 3.63) is 10.6 Å². The third-order valence-electron chi connectivity index (χ3n) is 5.10. The number of anilines is 1. The van der Waals surface area contributed by atoms with Crippen molar-refractivity contribution in [2.75, 3.05) is 19.0 Å². The highest BCUT2D eigenvalue weighted by atomic mass is 32.1. The maximum absolute atomic E-state index is 11.7. The van der Waals surface area contributed by atoms with Gasteiger partial charge in [-0.3, -0.25) is 4.79 Å². The Morgan fingerprint density at radius 2 is 1.86 bits per heavy atom. The molecule has 2 rings (SSSR count). The van der Waals surface area contributed by atoms with Crippen LogP contribution in [0.1, 0.15) is 54.8 Å². The van der Waals surface area contributed by atoms with E-state index in [1.165, 1.54) is 25.4 Å². The Morgan fingerprint density at radius 3 is 2.29 bits per heavy atom. The van der Waals surface area contributed by atoms with Gasteiger partial charge in [-0.15, -0.1) is 0 Å². The van der Waals surface area contributed by atoms with E-state index in [1.54, 1.807) is 0 Å². The molecule has 0 spiro atoms. The van der Waals surface area contributed by atoms with Gasteiger partial charge in [0.1, 0.15) is 4.88 Å². The number of ether oxygens (including phenoxy) is 1. The quantitative estimate of drug-likeness (QED) is 0.668. The summed E-state index contributed by atoms with van der Waals surface area (Å²) in [5, 5.41) is 3.86. The molecule has 0 radical (unpaired) electrons. The molecule has 1 aliphatic rings. The summed E-state index contributed by atoms with van der Waals surface area (Å²) in [6, 6.07) is 0. The van der Waals surface area contributed by atoms with Crippen LogP contribution >= 0.6 is 11.3 Å². The summed E-state index contributed by atoms with van der Waals surface area (Å²) in [4.78, 5) is 27.8. The number of rotatable bonds is 5. The van der Waals surface area contributed by atoms with Gasteiger partial charge in [0, 0.05) is 13.5 Å². The number of carbonyl (C=O) groups excluding carboxylic acids is 2. The topological polar surface area (TPSA) is 68.3 Å². The van der Waals surface area contributed by atoms with Gasteiger partial charge >= 0.3 is 5.97 Å². The summed E-state index contributed by atoms with van der Waals surface area (Å²) in [6.45, 7) is 11.2. The predicted octanol–water partition coefficient (Wildman–Crippen LogP) is 3.23. The van der Waals surface area contributed by atoms with Gasteiger partial charge < -0.3 is 10.1 Å². The molecule has 0 saturated heterocycles. The number of hydrogen-bond donors (Lipinski definition) is 1. The van der Waals surface area contributed by atoms with Crippen LogP contribution in [-0.2, 0) is 4.74 Å². The first kappa shape index (κ1) is 15.9. The zero-order valence-electron chi connectivity index (χ0n) is 13.4. The van der Waals surface area contributed by atoms with E-state index in [1.807, 2.05) is 0 Å². The van der Waals surface area contributed by atoms with Crippen LogP contribution in [0.4, 0.5) is 5.13 Å². The van der Waals surface area contributed by atoms with Crippen LogP contribution in [-0.4, -0.2) is 30.4 Å². The summed E-state index contributed by atoms with van der Waals surface area (Å²) < 4.78 is 4.67. The minimum Gasteiger partial charge on any atom is -0.464 e. The Labute approximate surface area is 129 Å². The molecule has 1 fully saturated rings. The third-order valence-corrected chi connectivity index (χ3v) is 6.22. The molecule has 1 heterocycles. The van der Waals surface area contributed by atoms with Gasteiger partial charge in [0.2, 0.25) is 0 Å². The van der Waals surface area contributed by atoms with E-state index in [9.17, 15) is 9.59 Å². The first-order valence-corrected chi connectivity index (χ1v) is 7.78. The summed E-state index contributed by atoms with van der Waals surface area (Å²) in [7, 11) is 1.29. The Balaban J connectivity index is 2.12. The first-order chi connectivity index (χ1) is 9.62. The number of nitrogens with one attached hydrogen (secondary N) is 1. The molecular formula is C15H22N2O3S. The van der Waals surface area contributed by atoms with Crippen LogP contribution in [0.2, 0.25) is 0 Å². The molecule has 5 nitrogen and oxygen atoms in total. The Kier molecular flexibility index (Phi) is 3.86. The monoisotopic (exact) mass is 310 g/mol. The first-order valence-electron chi connectivity index (χ1n) is 6.97. The number of carbonyl (C=O) groups is 2. The van der Waals surface area contributed by atoms with Gasteiger partial charge in [0.05, 0.1) is 7.11 Å². The van der Waals surface area contributed by atoms with E-state index in [0.717, 1.165) is 6.54 Å². The molecular weight excluding hydrogens is 288 g/mol. The van der Waals surface area contributed by atoms with Crippen LogP contribution in [0.5, 0.6) is 0 Å². The summed E-state index contributed by atoms with van der Waals surface area (Å²) in [5.74, 6) is -0.208. The Bertz CT molecular complexity index is 576. The van der Waals surface area contributed by atoms with Crippen molar-refractivity contribution in [3.63, 3.8) is 0 Å². The zero-order valence-corrected chi connectivity index (χ0v) is 14.2. The van der Waals surface area contributed by atoms with Gasteiger partial charge in [-0.1, -0.05) is 39.0 Å². The van der Waals surface area contributed by atoms with Crippen molar-refractivity contribution in [1.82, 2.24) is 4.98 Å². The van der Waals surface area contributed by atoms with Gasteiger partial charge in [-0.2, -0.15) is 0 Å². The summed E-state index contributed by atoms with van der Waals surface area (Å²) >= 11 is 1.21. The molecule has 1 saturated carbocycles. The van der Waals surface area contributed by atoms with Crippen LogP contribution in [0.15, 0.2) is 0 Å². The fourth-order valence-electron chi connectivity index (χ4n) is 2.90. The lowest BCUT2D eigenvalue weighted by atomic mass is 10.0. The van der Waals surface area contributed by atoms with Crippen molar-refractivity contribution >= 4 is 28.2 Å². The number of aromatic nitrogens is 1. The molecule has 0 atom stereocenters. The van der Waals surface area contributed by atoms with Crippen LogP contribution in [0.25, 0.3) is 0 Å². The number of thiazole rings is 1. The largest absolute Gasteiger partial charge is 0.464 e. The fourth-order valence-corrected chi connectivity index (χ4v) is 3.76. The summed E-state index contributed by atoms with van der Waals surface area (Å²) in [5.41, 5.74) is 0.671. The third kappa shape index (κ3) is 2.57. The molecule has 0 bridgehead atoms. The second-order valence-electron chi connectivity index (χ2n) is 6.62. The van der Waals surface area contributed by atoms with Gasteiger partial charge in [-0.05, 0) is 16.7 Å². The maximum Gasteiger partial charge on any atom is 0.358 e. The smallest absolute Gasteiger partial charge is 0.358 e. The number of Topliss-reactive ketones (excluding diaryl/α,β-unsaturated/α-hetero) is 1. The van der Waals surface area contributed by atoms with E-state index >= 15 is 0 Å². The fraction of sp³-hybridized carbons (Fsp3) is 0.667. The molecule has 6 heteroatoms. The average molecular weight is 310 g/mol. The lowest BCUT2D eigenvalue weighted by Crippen LogP contribution is -2.09. The van der Waals surface area contributed by atoms with Crippen molar-refractivity contribution in [1.29, 1.82) is 0 Å². The number of nitrogens with zero attached hydrogens (tertiary/aromatic N) is 1. The minimum atomic E-state index is -0.573. The van der Waals surface area contributed by atoms with E-state index in [4.69, 9.17) is 0 Å². The average Bonchev–Trinajstić information content (AvgIpc) is 2.73. The maximum atomic E-state index is 11.7. The van der Waals surface area contributed by atoms with Crippen molar-refractivity contribution in [3.8, 4) is 0 Å². The second-order valence-corrected chi connectivity index (χ2v) is 7.62. The highest BCUT2D eigenvalue weighted by molar-refractivity contribution is 7.17. The number of hydrogen-bond acceptors (Lipinski definition) is 6. The summed E-state index contributed by atoms with van der Waals surface area (Å²) in [6.07, 6.45) is 0. The molecule has 116 valence electrons. The number of esters is 1. The van der Waals surface area contributed by atoms with Gasteiger partial charge in [0.25, 0.3) is 0 Å².